The Kier molecular flexibility index (Phi) is 7.61. The maximum absolute atomic E-state index is 10.3. The molecule has 0 amide bonds. The smallest absolute Gasteiger partial charge is 0.303 e. The van der Waals surface area contributed by atoms with Crippen LogP contribution >= 0.6 is 0 Å². The van der Waals surface area contributed by atoms with Gasteiger partial charge in [0.15, 0.2) is 0 Å². The Bertz CT molecular complexity index is 355. The van der Waals surface area contributed by atoms with Crippen molar-refractivity contribution in [1.82, 2.24) is 0 Å². The van der Waals surface area contributed by atoms with Gasteiger partial charge in [-0.3, -0.25) is 4.79 Å². The number of allylic oxidation sites excluding steroid dienone is 2. The molecule has 0 saturated carbocycles. The average molecular weight is 246 g/mol. The molecular formula is C16H22O2. The summed E-state index contributed by atoms with van der Waals surface area (Å²) in [6.45, 7) is 0. The van der Waals surface area contributed by atoms with E-state index in [4.69, 9.17) is 5.11 Å². The summed E-state index contributed by atoms with van der Waals surface area (Å²) in [5.74, 6) is -0.693. The van der Waals surface area contributed by atoms with Crippen molar-refractivity contribution in [3.63, 3.8) is 0 Å². The molecule has 0 atom stereocenters. The van der Waals surface area contributed by atoms with Gasteiger partial charge >= 0.3 is 5.97 Å². The van der Waals surface area contributed by atoms with Crippen molar-refractivity contribution in [3.05, 3.63) is 48.0 Å². The van der Waals surface area contributed by atoms with Crippen molar-refractivity contribution in [3.8, 4) is 0 Å². The van der Waals surface area contributed by atoms with Crippen LogP contribution in [-0.4, -0.2) is 11.1 Å². The molecule has 1 N–H and O–H groups in total. The highest BCUT2D eigenvalue weighted by molar-refractivity contribution is 5.66. The first-order valence-electron chi connectivity index (χ1n) is 6.70. The van der Waals surface area contributed by atoms with E-state index in [-0.39, 0.29) is 0 Å². The van der Waals surface area contributed by atoms with Crippen LogP contribution in [0.25, 0.3) is 0 Å². The van der Waals surface area contributed by atoms with Crippen LogP contribution in [0.2, 0.25) is 0 Å². The zero-order valence-electron chi connectivity index (χ0n) is 10.8. The Morgan fingerprint density at radius 1 is 1.00 bits per heavy atom. The molecule has 1 aromatic rings. The molecule has 0 bridgehead atoms. The van der Waals surface area contributed by atoms with Crippen LogP contribution in [0.1, 0.15) is 44.1 Å². The summed E-state index contributed by atoms with van der Waals surface area (Å²) in [7, 11) is 0. The van der Waals surface area contributed by atoms with Gasteiger partial charge in [-0.25, -0.2) is 0 Å². The largest absolute Gasteiger partial charge is 0.481 e. The molecule has 0 saturated heterocycles. The number of carboxylic acid groups (broad SMARTS) is 1. The Hall–Kier alpha value is -1.57. The fourth-order valence-electron chi connectivity index (χ4n) is 1.84. The van der Waals surface area contributed by atoms with Gasteiger partial charge < -0.3 is 5.11 Å². The van der Waals surface area contributed by atoms with Gasteiger partial charge in [0.1, 0.15) is 0 Å². The molecule has 0 aliphatic rings. The lowest BCUT2D eigenvalue weighted by Gasteiger charge is -1.98. The van der Waals surface area contributed by atoms with Gasteiger partial charge in [-0.05, 0) is 44.1 Å². The quantitative estimate of drug-likeness (QED) is 0.523. The lowest BCUT2D eigenvalue weighted by atomic mass is 10.1. The van der Waals surface area contributed by atoms with Crippen LogP contribution in [0, 0.1) is 0 Å². The molecule has 98 valence electrons. The SMILES string of the molecule is O=C(O)CCCC/C=C/CCCc1ccccc1. The molecule has 1 aromatic carbocycles. The molecule has 0 aromatic heterocycles. The molecule has 0 fully saturated rings. The van der Waals surface area contributed by atoms with Crippen LogP contribution < -0.4 is 0 Å². The van der Waals surface area contributed by atoms with Crippen LogP contribution in [0.3, 0.4) is 0 Å². The third-order valence-electron chi connectivity index (χ3n) is 2.86. The third kappa shape index (κ3) is 7.66. The van der Waals surface area contributed by atoms with E-state index >= 15 is 0 Å². The first kappa shape index (κ1) is 14.5. The summed E-state index contributed by atoms with van der Waals surface area (Å²) in [6, 6.07) is 10.5. The predicted octanol–water partition coefficient (Wildman–Crippen LogP) is 4.21. The van der Waals surface area contributed by atoms with Gasteiger partial charge in [0, 0.05) is 6.42 Å². The monoisotopic (exact) mass is 246 g/mol. The van der Waals surface area contributed by atoms with E-state index in [0.717, 1.165) is 32.1 Å². The number of hydrogen-bond donors (Lipinski definition) is 1. The van der Waals surface area contributed by atoms with Crippen molar-refractivity contribution >= 4 is 5.97 Å². The standard InChI is InChI=1S/C16H22O2/c17-16(18)14-10-5-3-1-2-4-7-11-15-12-8-6-9-13-15/h1-2,6,8-9,12-13H,3-5,7,10-11,14H2,(H,17,18)/b2-1+. The summed E-state index contributed by atoms with van der Waals surface area (Å²) in [5, 5.41) is 8.48. The van der Waals surface area contributed by atoms with E-state index in [2.05, 4.69) is 36.4 Å². The molecule has 0 aliphatic heterocycles. The second-order valence-electron chi connectivity index (χ2n) is 4.49. The van der Waals surface area contributed by atoms with Gasteiger partial charge in [0.25, 0.3) is 0 Å². The molecule has 0 heterocycles. The minimum atomic E-state index is -0.693. The van der Waals surface area contributed by atoms with Crippen molar-refractivity contribution in [2.45, 2.75) is 44.9 Å². The minimum Gasteiger partial charge on any atom is -0.481 e. The number of hydrogen-bond acceptors (Lipinski definition) is 1. The summed E-state index contributed by atoms with van der Waals surface area (Å²) in [4.78, 5) is 10.3. The fraction of sp³-hybridized carbons (Fsp3) is 0.438. The zero-order chi connectivity index (χ0) is 13.1. The van der Waals surface area contributed by atoms with Crippen LogP contribution in [-0.2, 0) is 11.2 Å². The van der Waals surface area contributed by atoms with Gasteiger partial charge in [0.05, 0.1) is 0 Å². The second-order valence-corrected chi connectivity index (χ2v) is 4.49. The lowest BCUT2D eigenvalue weighted by molar-refractivity contribution is -0.137. The van der Waals surface area contributed by atoms with Gasteiger partial charge in [-0.15, -0.1) is 0 Å². The second kappa shape index (κ2) is 9.46. The maximum atomic E-state index is 10.3. The maximum Gasteiger partial charge on any atom is 0.303 e. The van der Waals surface area contributed by atoms with E-state index < -0.39 is 5.97 Å². The Balaban J connectivity index is 1.96. The number of carboxylic acids is 1. The number of rotatable bonds is 9. The highest BCUT2D eigenvalue weighted by Crippen LogP contribution is 2.06. The lowest BCUT2D eigenvalue weighted by Crippen LogP contribution is -1.92. The first-order valence-corrected chi connectivity index (χ1v) is 6.70. The normalized spacial score (nSPS) is 10.9. The van der Waals surface area contributed by atoms with E-state index in [9.17, 15) is 4.79 Å². The highest BCUT2D eigenvalue weighted by atomic mass is 16.4. The molecule has 0 unspecified atom stereocenters. The molecule has 0 radical (unpaired) electrons. The van der Waals surface area contributed by atoms with Gasteiger partial charge in [-0.1, -0.05) is 42.5 Å². The summed E-state index contributed by atoms with van der Waals surface area (Å²) < 4.78 is 0. The van der Waals surface area contributed by atoms with Crippen LogP contribution in [0.15, 0.2) is 42.5 Å². The van der Waals surface area contributed by atoms with E-state index in [1.165, 1.54) is 12.0 Å². The van der Waals surface area contributed by atoms with Crippen LogP contribution in [0.4, 0.5) is 0 Å². The third-order valence-corrected chi connectivity index (χ3v) is 2.86. The number of unbranched alkanes of at least 4 members (excludes halogenated alkanes) is 3. The van der Waals surface area contributed by atoms with E-state index in [1.807, 2.05) is 6.07 Å². The van der Waals surface area contributed by atoms with Gasteiger partial charge in [0.2, 0.25) is 0 Å². The molecule has 1 rings (SSSR count). The van der Waals surface area contributed by atoms with Crippen molar-refractivity contribution in [2.24, 2.45) is 0 Å². The Morgan fingerprint density at radius 3 is 2.33 bits per heavy atom. The average Bonchev–Trinajstić information content (AvgIpc) is 2.37. The predicted molar refractivity (Wildman–Crippen MR) is 74.6 cm³/mol. The summed E-state index contributed by atoms with van der Waals surface area (Å²) >= 11 is 0. The first-order chi connectivity index (χ1) is 8.79. The molecule has 2 heteroatoms. The molecule has 2 nitrogen and oxygen atoms in total. The van der Waals surface area contributed by atoms with Gasteiger partial charge in [-0.2, -0.15) is 0 Å². The summed E-state index contributed by atoms with van der Waals surface area (Å²) in [5.41, 5.74) is 1.40. The minimum absolute atomic E-state index is 0.293. The topological polar surface area (TPSA) is 37.3 Å². The number of aryl methyl sites for hydroxylation is 1. The molecule has 18 heavy (non-hydrogen) atoms. The number of aliphatic carboxylic acids is 1. The van der Waals surface area contributed by atoms with Crippen molar-refractivity contribution in [1.29, 1.82) is 0 Å². The summed E-state index contributed by atoms with van der Waals surface area (Å²) in [6.07, 6.45) is 10.8. The molecule has 0 spiro atoms. The Labute approximate surface area is 109 Å². The van der Waals surface area contributed by atoms with E-state index in [0.29, 0.717) is 6.42 Å². The van der Waals surface area contributed by atoms with E-state index in [1.54, 1.807) is 0 Å². The number of carbonyl (C=O) groups is 1. The molecular weight excluding hydrogens is 224 g/mol. The zero-order valence-corrected chi connectivity index (χ0v) is 10.8. The molecule has 0 aliphatic carbocycles. The Morgan fingerprint density at radius 2 is 1.67 bits per heavy atom. The number of benzene rings is 1. The fourth-order valence-corrected chi connectivity index (χ4v) is 1.84. The van der Waals surface area contributed by atoms with Crippen molar-refractivity contribution in [2.75, 3.05) is 0 Å². The van der Waals surface area contributed by atoms with Crippen molar-refractivity contribution < 1.29 is 9.90 Å². The van der Waals surface area contributed by atoms with Crippen LogP contribution in [0.5, 0.6) is 0 Å². The highest BCUT2D eigenvalue weighted by Gasteiger charge is 1.94.